The molecule has 0 aliphatic carbocycles. The highest BCUT2D eigenvalue weighted by Crippen LogP contribution is 2.35. The summed E-state index contributed by atoms with van der Waals surface area (Å²) in [5.41, 5.74) is 5.05. The zero-order valence-electron chi connectivity index (χ0n) is 26.0. The molecule has 4 rings (SSSR count). The maximum absolute atomic E-state index is 13.7. The van der Waals surface area contributed by atoms with Crippen molar-refractivity contribution >= 4 is 33.7 Å². The van der Waals surface area contributed by atoms with Gasteiger partial charge in [0.2, 0.25) is 0 Å². The molecule has 11 nitrogen and oxygen atoms in total. The maximum atomic E-state index is 13.7. The number of benzene rings is 4. The second-order valence-corrected chi connectivity index (χ2v) is 12.1. The van der Waals surface area contributed by atoms with E-state index in [0.717, 1.165) is 15.4 Å². The second kappa shape index (κ2) is 15.6. The van der Waals surface area contributed by atoms with Crippen LogP contribution in [0.3, 0.4) is 0 Å². The van der Waals surface area contributed by atoms with Crippen molar-refractivity contribution in [2.45, 2.75) is 24.8 Å². The van der Waals surface area contributed by atoms with E-state index in [1.54, 1.807) is 42.5 Å². The molecule has 2 N–H and O–H groups in total. The molecular weight excluding hydrogens is 608 g/mol. The Morgan fingerprint density at radius 1 is 0.870 bits per heavy atom. The predicted molar refractivity (Wildman–Crippen MR) is 176 cm³/mol. The zero-order chi connectivity index (χ0) is 33.1. The van der Waals surface area contributed by atoms with E-state index in [1.165, 1.54) is 44.7 Å². The number of aryl methyl sites for hydroxylation is 1. The van der Waals surface area contributed by atoms with E-state index in [2.05, 4.69) is 15.8 Å². The number of ether oxygens (including phenoxy) is 3. The van der Waals surface area contributed by atoms with Crippen molar-refractivity contribution in [2.24, 2.45) is 5.10 Å². The number of rotatable bonds is 14. The molecular formula is C34H36N4O7S. The van der Waals surface area contributed by atoms with Crippen LogP contribution in [0.1, 0.15) is 29.7 Å². The van der Waals surface area contributed by atoms with Crippen LogP contribution in [0.2, 0.25) is 0 Å². The molecule has 0 fully saturated rings. The van der Waals surface area contributed by atoms with Crippen LogP contribution < -0.4 is 29.3 Å². The fourth-order valence-electron chi connectivity index (χ4n) is 4.38. The van der Waals surface area contributed by atoms with Gasteiger partial charge in [-0.1, -0.05) is 48.0 Å². The lowest BCUT2D eigenvalue weighted by atomic mass is 10.1. The standard InChI is InChI=1S/C34H36N4O7S/c1-24-10-17-30(18-11-24)46(41,42)38(31-19-16-29(43-3)20-32(31)44-4)22-33(39)37-35-21-26-12-14-28(15-13-26)45-23-34(40)36-25(2)27-8-6-5-7-9-27/h5-21,25H,22-23H2,1-4H3,(H,36,40)(H,37,39)/b35-21-/t25-/m1/s1. The van der Waals surface area contributed by atoms with Crippen LogP contribution in [0.25, 0.3) is 0 Å². The molecule has 0 aliphatic rings. The Morgan fingerprint density at radius 2 is 1.54 bits per heavy atom. The van der Waals surface area contributed by atoms with Crippen LogP contribution in [0.15, 0.2) is 107 Å². The van der Waals surface area contributed by atoms with Gasteiger partial charge in [-0.15, -0.1) is 0 Å². The molecule has 240 valence electrons. The molecule has 1 atom stereocenters. The fourth-order valence-corrected chi connectivity index (χ4v) is 5.81. The van der Waals surface area contributed by atoms with Crippen molar-refractivity contribution in [3.63, 3.8) is 0 Å². The quantitative estimate of drug-likeness (QED) is 0.151. The summed E-state index contributed by atoms with van der Waals surface area (Å²) < 4.78 is 44.7. The lowest BCUT2D eigenvalue weighted by Crippen LogP contribution is -2.39. The zero-order valence-corrected chi connectivity index (χ0v) is 26.8. The van der Waals surface area contributed by atoms with Crippen molar-refractivity contribution < 1.29 is 32.2 Å². The van der Waals surface area contributed by atoms with E-state index >= 15 is 0 Å². The monoisotopic (exact) mass is 644 g/mol. The molecule has 46 heavy (non-hydrogen) atoms. The number of anilines is 1. The predicted octanol–water partition coefficient (Wildman–Crippen LogP) is 4.61. The van der Waals surface area contributed by atoms with Crippen molar-refractivity contribution in [1.29, 1.82) is 0 Å². The second-order valence-electron chi connectivity index (χ2n) is 10.2. The van der Waals surface area contributed by atoms with E-state index in [4.69, 9.17) is 14.2 Å². The Bertz CT molecular complexity index is 1760. The summed E-state index contributed by atoms with van der Waals surface area (Å²) in [5, 5.41) is 6.88. The van der Waals surface area contributed by atoms with E-state index in [1.807, 2.05) is 44.2 Å². The first-order valence-corrected chi connectivity index (χ1v) is 15.7. The van der Waals surface area contributed by atoms with Crippen LogP contribution in [0.5, 0.6) is 17.2 Å². The molecule has 4 aromatic rings. The van der Waals surface area contributed by atoms with Crippen LogP contribution >= 0.6 is 0 Å². The van der Waals surface area contributed by atoms with Gasteiger partial charge in [0.05, 0.1) is 37.1 Å². The number of methoxy groups -OCH3 is 2. The number of carbonyl (C=O) groups is 2. The topological polar surface area (TPSA) is 136 Å². The Morgan fingerprint density at radius 3 is 2.20 bits per heavy atom. The number of nitrogens with one attached hydrogen (secondary N) is 2. The van der Waals surface area contributed by atoms with E-state index in [0.29, 0.717) is 17.1 Å². The van der Waals surface area contributed by atoms with E-state index in [9.17, 15) is 18.0 Å². The maximum Gasteiger partial charge on any atom is 0.264 e. The van der Waals surface area contributed by atoms with Gasteiger partial charge in [-0.05, 0) is 73.5 Å². The molecule has 12 heteroatoms. The molecule has 2 amide bonds. The molecule has 0 saturated carbocycles. The molecule has 0 aliphatic heterocycles. The summed E-state index contributed by atoms with van der Waals surface area (Å²) in [6, 6.07) is 27.2. The highest BCUT2D eigenvalue weighted by atomic mass is 32.2. The van der Waals surface area contributed by atoms with Crippen molar-refractivity contribution in [3.8, 4) is 17.2 Å². The first kappa shape index (κ1) is 33.5. The average Bonchev–Trinajstić information content (AvgIpc) is 3.07. The summed E-state index contributed by atoms with van der Waals surface area (Å²) >= 11 is 0. The van der Waals surface area contributed by atoms with Gasteiger partial charge in [0, 0.05) is 6.07 Å². The third-order valence-electron chi connectivity index (χ3n) is 6.88. The molecule has 0 heterocycles. The van der Waals surface area contributed by atoms with Crippen LogP contribution in [-0.4, -0.2) is 53.8 Å². The first-order chi connectivity index (χ1) is 22.1. The third kappa shape index (κ3) is 8.85. The summed E-state index contributed by atoms with van der Waals surface area (Å²) in [6.07, 6.45) is 1.41. The highest BCUT2D eigenvalue weighted by Gasteiger charge is 2.29. The molecule has 4 aromatic carbocycles. The summed E-state index contributed by atoms with van der Waals surface area (Å²) in [5.74, 6) is 0.210. The van der Waals surface area contributed by atoms with Gasteiger partial charge in [0.1, 0.15) is 23.8 Å². The minimum absolute atomic E-state index is 0.0118. The lowest BCUT2D eigenvalue weighted by Gasteiger charge is -2.25. The number of hydrazone groups is 1. The number of nitrogens with zero attached hydrogens (tertiary/aromatic N) is 2. The number of carbonyl (C=O) groups excluding carboxylic acids is 2. The summed E-state index contributed by atoms with van der Waals surface area (Å²) in [7, 11) is -1.30. The smallest absolute Gasteiger partial charge is 0.264 e. The number of hydrogen-bond acceptors (Lipinski definition) is 8. The summed E-state index contributed by atoms with van der Waals surface area (Å²) in [4.78, 5) is 25.3. The molecule has 0 bridgehead atoms. The summed E-state index contributed by atoms with van der Waals surface area (Å²) in [6.45, 7) is 3.02. The Labute approximate surface area is 268 Å². The van der Waals surface area contributed by atoms with Crippen LogP contribution in [-0.2, 0) is 19.6 Å². The van der Waals surface area contributed by atoms with Gasteiger partial charge in [-0.2, -0.15) is 5.10 Å². The Hall–Kier alpha value is -5.36. The number of amides is 2. The molecule has 0 spiro atoms. The largest absolute Gasteiger partial charge is 0.497 e. The Balaban J connectivity index is 1.39. The van der Waals surface area contributed by atoms with E-state index in [-0.39, 0.29) is 34.9 Å². The van der Waals surface area contributed by atoms with E-state index < -0.39 is 22.5 Å². The molecule has 0 aromatic heterocycles. The third-order valence-corrected chi connectivity index (χ3v) is 8.66. The van der Waals surface area contributed by atoms with Gasteiger partial charge in [-0.3, -0.25) is 13.9 Å². The van der Waals surface area contributed by atoms with Crippen molar-refractivity contribution in [2.75, 3.05) is 31.7 Å². The number of sulfonamides is 1. The van der Waals surface area contributed by atoms with Crippen LogP contribution in [0.4, 0.5) is 5.69 Å². The minimum Gasteiger partial charge on any atom is -0.497 e. The van der Waals surface area contributed by atoms with Gasteiger partial charge in [-0.25, -0.2) is 13.8 Å². The fraction of sp³-hybridized carbons (Fsp3) is 0.206. The van der Waals surface area contributed by atoms with Gasteiger partial charge >= 0.3 is 0 Å². The molecule has 0 radical (unpaired) electrons. The average molecular weight is 645 g/mol. The van der Waals surface area contributed by atoms with Gasteiger partial charge in [0.15, 0.2) is 6.61 Å². The molecule has 0 saturated heterocycles. The van der Waals surface area contributed by atoms with Crippen molar-refractivity contribution in [1.82, 2.24) is 10.7 Å². The highest BCUT2D eigenvalue weighted by molar-refractivity contribution is 7.92. The SMILES string of the molecule is COc1ccc(N(CC(=O)N/N=C\c2ccc(OCC(=O)N[C@H](C)c3ccccc3)cc2)S(=O)(=O)c2ccc(C)cc2)c(OC)c1. The minimum atomic E-state index is -4.18. The number of hydrogen-bond donors (Lipinski definition) is 2. The van der Waals surface area contributed by atoms with Crippen LogP contribution in [0, 0.1) is 6.92 Å². The normalized spacial score (nSPS) is 11.8. The van der Waals surface area contributed by atoms with Gasteiger partial charge < -0.3 is 19.5 Å². The lowest BCUT2D eigenvalue weighted by molar-refractivity contribution is -0.123. The van der Waals surface area contributed by atoms with Crippen molar-refractivity contribution in [3.05, 3.63) is 114 Å². The molecule has 0 unspecified atom stereocenters. The first-order valence-electron chi connectivity index (χ1n) is 14.3. The van der Waals surface area contributed by atoms with Gasteiger partial charge in [0.25, 0.3) is 21.8 Å². The Kier molecular flexibility index (Phi) is 11.4.